The van der Waals surface area contributed by atoms with E-state index >= 15 is 0 Å². The van der Waals surface area contributed by atoms with Crippen LogP contribution in [0.15, 0.2) is 73.6 Å². The number of hydrogen-bond acceptors (Lipinski definition) is 4. The Labute approximate surface area is 192 Å². The van der Waals surface area contributed by atoms with Crippen molar-refractivity contribution in [3.63, 3.8) is 0 Å². The van der Waals surface area contributed by atoms with Crippen LogP contribution in [-0.4, -0.2) is 30.2 Å². The molecular weight excluding hydrogens is 486 g/mol. The molecule has 0 bridgehead atoms. The number of aliphatic hydroxyl groups excluding tert-OH is 1. The third-order valence-electron chi connectivity index (χ3n) is 4.83. The highest BCUT2D eigenvalue weighted by Gasteiger charge is 2.28. The number of alkyl halides is 2. The van der Waals surface area contributed by atoms with Crippen LogP contribution >= 0.6 is 27.7 Å². The highest BCUT2D eigenvalue weighted by atomic mass is 79.9. The highest BCUT2D eigenvalue weighted by molar-refractivity contribution is 9.12. The smallest absolute Gasteiger partial charge is 0.281 e. The van der Waals surface area contributed by atoms with Crippen molar-refractivity contribution in [2.45, 2.75) is 36.1 Å². The molecule has 0 spiro atoms. The van der Waals surface area contributed by atoms with Crippen LogP contribution in [0.2, 0.25) is 0 Å². The molecule has 0 aromatic heterocycles. The quantitative estimate of drug-likeness (QED) is 0.225. The molecule has 31 heavy (non-hydrogen) atoms. The van der Waals surface area contributed by atoms with Gasteiger partial charge in [-0.05, 0) is 70.2 Å². The number of carbonyl (C=O) groups excluding carboxylic acids is 1. The Bertz CT molecular complexity index is 1060. The van der Waals surface area contributed by atoms with Gasteiger partial charge in [0.2, 0.25) is 0 Å². The summed E-state index contributed by atoms with van der Waals surface area (Å²) in [6.07, 6.45) is -1.09. The van der Waals surface area contributed by atoms with Crippen LogP contribution in [0.5, 0.6) is 0 Å². The molecule has 0 saturated heterocycles. The predicted octanol–water partition coefficient (Wildman–Crippen LogP) is 6.03. The van der Waals surface area contributed by atoms with Gasteiger partial charge in [-0.1, -0.05) is 36.0 Å². The van der Waals surface area contributed by atoms with Crippen molar-refractivity contribution in [3.05, 3.63) is 81.0 Å². The minimum Gasteiger partial charge on any atom is -0.515 e. The van der Waals surface area contributed by atoms with E-state index in [1.54, 1.807) is 11.8 Å². The molecule has 0 unspecified atom stereocenters. The van der Waals surface area contributed by atoms with Gasteiger partial charge in [-0.15, -0.1) is 0 Å². The van der Waals surface area contributed by atoms with Gasteiger partial charge in [0.25, 0.3) is 12.3 Å². The number of benzene rings is 2. The Hall–Kier alpha value is -2.45. The van der Waals surface area contributed by atoms with Crippen LogP contribution < -0.4 is 5.32 Å². The number of hydrogen-bond donors (Lipinski definition) is 2. The first kappa shape index (κ1) is 23.2. The zero-order valence-electron chi connectivity index (χ0n) is 17.1. The standard InChI is InChI=1S/C23H21BrF2N2O2S/c1-12-4-6-15-18(8-12)31-19-9-13(2)5-7-16(19)20(15)28-23(30)14(11-29)10-17(24)21(27-3)22(25)26/h4-11,20,22,29H,1-3H3,(H,28,30)/b14-11-,17-10+,27-21?. The van der Waals surface area contributed by atoms with Crippen molar-refractivity contribution in [2.75, 3.05) is 7.05 Å². The second kappa shape index (κ2) is 9.78. The molecule has 8 heteroatoms. The molecule has 1 amide bonds. The number of nitrogens with zero attached hydrogens (tertiary/aromatic N) is 1. The fourth-order valence-corrected chi connectivity index (χ4v) is 5.20. The predicted molar refractivity (Wildman–Crippen MR) is 124 cm³/mol. The number of aryl methyl sites for hydroxylation is 2. The number of aliphatic imine (C=N–C) groups is 1. The summed E-state index contributed by atoms with van der Waals surface area (Å²) in [4.78, 5) is 18.6. The SMILES string of the molecule is CN=C(/C(Br)=C\C(=C\O)C(=O)NC1c2ccc(C)cc2Sc2cc(C)ccc21)C(F)F. The topological polar surface area (TPSA) is 61.7 Å². The lowest BCUT2D eigenvalue weighted by atomic mass is 9.95. The molecule has 2 aromatic rings. The second-order valence-electron chi connectivity index (χ2n) is 7.08. The second-order valence-corrected chi connectivity index (χ2v) is 9.02. The van der Waals surface area contributed by atoms with Crippen molar-refractivity contribution in [1.82, 2.24) is 5.32 Å². The van der Waals surface area contributed by atoms with Gasteiger partial charge in [0.05, 0.1) is 17.9 Å². The van der Waals surface area contributed by atoms with Crippen molar-refractivity contribution in [2.24, 2.45) is 4.99 Å². The van der Waals surface area contributed by atoms with E-state index in [-0.39, 0.29) is 10.1 Å². The Morgan fingerprint density at radius 2 is 1.71 bits per heavy atom. The summed E-state index contributed by atoms with van der Waals surface area (Å²) in [5.41, 5.74) is 3.40. The third kappa shape index (κ3) is 5.07. The van der Waals surface area contributed by atoms with Crippen molar-refractivity contribution >= 4 is 39.3 Å². The van der Waals surface area contributed by atoms with Gasteiger partial charge in [-0.2, -0.15) is 0 Å². The number of rotatable bonds is 5. The number of nitrogens with one attached hydrogen (secondary N) is 1. The lowest BCUT2D eigenvalue weighted by Gasteiger charge is -2.29. The van der Waals surface area contributed by atoms with Gasteiger partial charge < -0.3 is 10.4 Å². The van der Waals surface area contributed by atoms with Gasteiger partial charge in [-0.3, -0.25) is 9.79 Å². The molecule has 0 radical (unpaired) electrons. The summed E-state index contributed by atoms with van der Waals surface area (Å²) in [6.45, 7) is 4.01. The first-order valence-electron chi connectivity index (χ1n) is 9.41. The summed E-state index contributed by atoms with van der Waals surface area (Å²) >= 11 is 4.67. The molecule has 0 atom stereocenters. The van der Waals surface area contributed by atoms with Gasteiger partial charge in [0.1, 0.15) is 5.71 Å². The maximum atomic E-state index is 13.1. The van der Waals surface area contributed by atoms with Crippen molar-refractivity contribution in [3.8, 4) is 0 Å². The molecule has 4 nitrogen and oxygen atoms in total. The number of amides is 1. The molecule has 3 rings (SSSR count). The van der Waals surface area contributed by atoms with Gasteiger partial charge in [0, 0.05) is 21.3 Å². The maximum absolute atomic E-state index is 13.1. The Kier molecular flexibility index (Phi) is 7.33. The van der Waals surface area contributed by atoms with Crippen LogP contribution in [0.25, 0.3) is 0 Å². The molecule has 162 valence electrons. The Morgan fingerprint density at radius 3 is 2.16 bits per heavy atom. The molecular formula is C23H21BrF2N2O2S. The van der Waals surface area contributed by atoms with Gasteiger partial charge in [0.15, 0.2) is 0 Å². The monoisotopic (exact) mass is 506 g/mol. The molecule has 1 aliphatic rings. The lowest BCUT2D eigenvalue weighted by molar-refractivity contribution is -0.117. The van der Waals surface area contributed by atoms with E-state index in [2.05, 4.69) is 38.4 Å². The largest absolute Gasteiger partial charge is 0.515 e. The first-order valence-corrected chi connectivity index (χ1v) is 11.0. The molecule has 1 heterocycles. The van der Waals surface area contributed by atoms with E-state index in [9.17, 15) is 18.7 Å². The minimum absolute atomic E-state index is 0.0771. The van der Waals surface area contributed by atoms with E-state index in [0.717, 1.165) is 38.1 Å². The molecule has 0 aliphatic carbocycles. The van der Waals surface area contributed by atoms with Crippen LogP contribution in [0.3, 0.4) is 0 Å². The van der Waals surface area contributed by atoms with Crippen LogP contribution in [-0.2, 0) is 4.79 Å². The van der Waals surface area contributed by atoms with Crippen molar-refractivity contribution < 1.29 is 18.7 Å². The fourth-order valence-electron chi connectivity index (χ4n) is 3.27. The van der Waals surface area contributed by atoms with Gasteiger partial charge in [-0.25, -0.2) is 8.78 Å². The molecule has 1 aliphatic heterocycles. The molecule has 0 saturated carbocycles. The fraction of sp³-hybridized carbons (Fsp3) is 0.217. The average Bonchev–Trinajstić information content (AvgIpc) is 2.71. The lowest BCUT2D eigenvalue weighted by Crippen LogP contribution is -2.32. The van der Waals surface area contributed by atoms with E-state index in [1.165, 1.54) is 7.05 Å². The van der Waals surface area contributed by atoms with Crippen LogP contribution in [0, 0.1) is 13.8 Å². The molecule has 2 aromatic carbocycles. The van der Waals surface area contributed by atoms with E-state index < -0.39 is 24.1 Å². The summed E-state index contributed by atoms with van der Waals surface area (Å²) in [5.74, 6) is -0.598. The van der Waals surface area contributed by atoms with Gasteiger partial charge >= 0.3 is 0 Å². The van der Waals surface area contributed by atoms with E-state index in [4.69, 9.17) is 0 Å². The average molecular weight is 507 g/mol. The third-order valence-corrected chi connectivity index (χ3v) is 6.61. The number of halogens is 3. The molecule has 2 N–H and O–H groups in total. The van der Waals surface area contributed by atoms with Crippen LogP contribution in [0.4, 0.5) is 8.78 Å². The summed E-state index contributed by atoms with van der Waals surface area (Å²) in [5, 5.41) is 12.6. The zero-order chi connectivity index (χ0) is 22.7. The molecule has 0 fully saturated rings. The Balaban J connectivity index is 1.97. The summed E-state index contributed by atoms with van der Waals surface area (Å²) in [7, 11) is 1.23. The first-order chi connectivity index (χ1) is 14.7. The van der Waals surface area contributed by atoms with E-state index in [0.29, 0.717) is 6.26 Å². The maximum Gasteiger partial charge on any atom is 0.281 e. The highest BCUT2D eigenvalue weighted by Crippen LogP contribution is 2.45. The number of aliphatic hydroxyl groups is 1. The normalized spacial score (nSPS) is 15.0. The number of allylic oxidation sites excluding steroid dienone is 1. The Morgan fingerprint density at radius 1 is 1.16 bits per heavy atom. The summed E-state index contributed by atoms with van der Waals surface area (Å²) < 4.78 is 26.1. The van der Waals surface area contributed by atoms with E-state index in [1.807, 2.05) is 38.1 Å². The zero-order valence-corrected chi connectivity index (χ0v) is 19.5. The summed E-state index contributed by atoms with van der Waals surface area (Å²) in [6, 6.07) is 11.6. The number of carbonyl (C=O) groups is 1. The minimum atomic E-state index is -2.82. The van der Waals surface area contributed by atoms with Crippen LogP contribution in [0.1, 0.15) is 28.3 Å². The number of fused-ring (bicyclic) bond motifs is 2. The van der Waals surface area contributed by atoms with Crippen molar-refractivity contribution in [1.29, 1.82) is 0 Å².